The Morgan fingerprint density at radius 1 is 1.00 bits per heavy atom. The van der Waals surface area contributed by atoms with Gasteiger partial charge in [-0.3, -0.25) is 0 Å². The average molecular weight is 318 g/mol. The van der Waals surface area contributed by atoms with E-state index in [4.69, 9.17) is 28.9 Å². The fourth-order valence-corrected chi connectivity index (χ4v) is 2.66. The van der Waals surface area contributed by atoms with Crippen LogP contribution >= 0.6 is 23.2 Å². The van der Waals surface area contributed by atoms with E-state index in [2.05, 4.69) is 5.10 Å². The summed E-state index contributed by atoms with van der Waals surface area (Å²) in [6.45, 7) is 0. The Hall–Kier alpha value is -1.81. The maximum Gasteiger partial charge on any atom is 0.0742 e. The van der Waals surface area contributed by atoms with Gasteiger partial charge >= 0.3 is 0 Å². The van der Waals surface area contributed by atoms with Gasteiger partial charge in [0.2, 0.25) is 0 Å². The molecule has 0 aliphatic carbocycles. The molecule has 3 rings (SSSR count). The van der Waals surface area contributed by atoms with Gasteiger partial charge in [0.25, 0.3) is 0 Å². The monoisotopic (exact) mass is 317 g/mol. The molecule has 1 unspecified atom stereocenters. The lowest BCUT2D eigenvalue weighted by atomic mass is 10.0. The highest BCUT2D eigenvalue weighted by Gasteiger charge is 2.18. The topological polar surface area (TPSA) is 43.8 Å². The van der Waals surface area contributed by atoms with Crippen molar-refractivity contribution >= 4 is 23.2 Å². The van der Waals surface area contributed by atoms with Gasteiger partial charge < -0.3 is 5.73 Å². The number of para-hydroxylation sites is 1. The highest BCUT2D eigenvalue weighted by molar-refractivity contribution is 6.33. The van der Waals surface area contributed by atoms with E-state index in [9.17, 15) is 0 Å². The van der Waals surface area contributed by atoms with E-state index in [1.807, 2.05) is 41.1 Å². The first-order valence-corrected chi connectivity index (χ1v) is 7.22. The molecular formula is C16H13Cl2N3. The lowest BCUT2D eigenvalue weighted by Gasteiger charge is -2.16. The van der Waals surface area contributed by atoms with Crippen LogP contribution in [-0.4, -0.2) is 9.78 Å². The molecule has 0 spiro atoms. The minimum atomic E-state index is -0.404. The second-order valence-corrected chi connectivity index (χ2v) is 5.49. The van der Waals surface area contributed by atoms with Crippen molar-refractivity contribution in [2.45, 2.75) is 6.04 Å². The van der Waals surface area contributed by atoms with Crippen LogP contribution in [0.15, 0.2) is 60.8 Å². The molecule has 3 aromatic rings. The summed E-state index contributed by atoms with van der Waals surface area (Å²) in [5, 5.41) is 5.54. The van der Waals surface area contributed by atoms with Crippen LogP contribution in [0, 0.1) is 0 Å². The van der Waals surface area contributed by atoms with Gasteiger partial charge in [0.1, 0.15) is 0 Å². The van der Waals surface area contributed by atoms with Gasteiger partial charge in [0, 0.05) is 16.2 Å². The van der Waals surface area contributed by atoms with Crippen LogP contribution in [-0.2, 0) is 0 Å². The zero-order valence-corrected chi connectivity index (χ0v) is 12.6. The highest BCUT2D eigenvalue weighted by atomic mass is 35.5. The molecule has 0 aliphatic heterocycles. The van der Waals surface area contributed by atoms with E-state index >= 15 is 0 Å². The van der Waals surface area contributed by atoms with Crippen LogP contribution in [0.1, 0.15) is 17.3 Å². The van der Waals surface area contributed by atoms with Crippen molar-refractivity contribution in [3.63, 3.8) is 0 Å². The largest absolute Gasteiger partial charge is 0.319 e. The molecule has 0 aliphatic rings. The van der Waals surface area contributed by atoms with Crippen molar-refractivity contribution in [1.29, 1.82) is 0 Å². The molecule has 0 bridgehead atoms. The Morgan fingerprint density at radius 2 is 1.76 bits per heavy atom. The van der Waals surface area contributed by atoms with Crippen LogP contribution in [0.5, 0.6) is 0 Å². The van der Waals surface area contributed by atoms with Crippen molar-refractivity contribution in [3.05, 3.63) is 82.1 Å². The molecule has 2 aromatic carbocycles. The summed E-state index contributed by atoms with van der Waals surface area (Å²) in [4.78, 5) is 0. The molecular weight excluding hydrogens is 305 g/mol. The van der Waals surface area contributed by atoms with Crippen molar-refractivity contribution in [3.8, 4) is 5.69 Å². The standard InChI is InChI=1S/C16H13Cl2N3/c17-11-6-7-14(18)13(10-11)16(19)15-8-9-20-21(15)12-4-2-1-3-5-12/h1-10,16H,19H2. The molecule has 1 aromatic heterocycles. The number of hydrogen-bond donors (Lipinski definition) is 1. The zero-order chi connectivity index (χ0) is 14.8. The van der Waals surface area contributed by atoms with Gasteiger partial charge in [-0.1, -0.05) is 41.4 Å². The number of hydrogen-bond acceptors (Lipinski definition) is 2. The maximum atomic E-state index is 6.36. The summed E-state index contributed by atoms with van der Waals surface area (Å²) in [6.07, 6.45) is 1.72. The lowest BCUT2D eigenvalue weighted by molar-refractivity contribution is 0.739. The first kappa shape index (κ1) is 14.1. The number of rotatable bonds is 3. The van der Waals surface area contributed by atoms with Crippen molar-refractivity contribution in [2.24, 2.45) is 5.73 Å². The molecule has 0 radical (unpaired) electrons. The van der Waals surface area contributed by atoms with Crippen LogP contribution in [0.4, 0.5) is 0 Å². The van der Waals surface area contributed by atoms with Crippen molar-refractivity contribution in [1.82, 2.24) is 9.78 Å². The highest BCUT2D eigenvalue weighted by Crippen LogP contribution is 2.29. The summed E-state index contributed by atoms with van der Waals surface area (Å²) >= 11 is 12.3. The molecule has 1 heterocycles. The zero-order valence-electron chi connectivity index (χ0n) is 11.1. The number of nitrogens with zero attached hydrogens (tertiary/aromatic N) is 2. The van der Waals surface area contributed by atoms with Crippen LogP contribution < -0.4 is 5.73 Å². The molecule has 0 amide bonds. The van der Waals surface area contributed by atoms with E-state index in [0.29, 0.717) is 10.0 Å². The predicted molar refractivity (Wildman–Crippen MR) is 86.1 cm³/mol. The van der Waals surface area contributed by atoms with E-state index in [0.717, 1.165) is 16.9 Å². The Morgan fingerprint density at radius 3 is 2.52 bits per heavy atom. The average Bonchev–Trinajstić information content (AvgIpc) is 2.99. The van der Waals surface area contributed by atoms with Crippen LogP contribution in [0.2, 0.25) is 10.0 Å². The summed E-state index contributed by atoms with van der Waals surface area (Å²) in [5.41, 5.74) is 8.95. The number of benzene rings is 2. The van der Waals surface area contributed by atoms with Gasteiger partial charge in [-0.05, 0) is 42.0 Å². The smallest absolute Gasteiger partial charge is 0.0742 e. The van der Waals surface area contributed by atoms with Crippen LogP contribution in [0.25, 0.3) is 5.69 Å². The molecule has 5 heteroatoms. The van der Waals surface area contributed by atoms with E-state index in [-0.39, 0.29) is 0 Å². The quantitative estimate of drug-likeness (QED) is 0.785. The second-order valence-electron chi connectivity index (χ2n) is 4.65. The lowest BCUT2D eigenvalue weighted by Crippen LogP contribution is -2.17. The van der Waals surface area contributed by atoms with Gasteiger partial charge in [-0.15, -0.1) is 0 Å². The summed E-state index contributed by atoms with van der Waals surface area (Å²) in [6, 6.07) is 16.6. The fraction of sp³-hybridized carbons (Fsp3) is 0.0625. The van der Waals surface area contributed by atoms with Gasteiger partial charge in [0.05, 0.1) is 17.4 Å². The molecule has 106 valence electrons. The Labute approximate surface area is 132 Å². The normalized spacial score (nSPS) is 12.3. The predicted octanol–water partition coefficient (Wildman–Crippen LogP) is 4.23. The van der Waals surface area contributed by atoms with Crippen LogP contribution in [0.3, 0.4) is 0 Å². The van der Waals surface area contributed by atoms with E-state index in [1.54, 1.807) is 24.4 Å². The van der Waals surface area contributed by atoms with Gasteiger partial charge in [-0.2, -0.15) is 5.10 Å². The maximum absolute atomic E-state index is 6.36. The number of aromatic nitrogens is 2. The Kier molecular flexibility index (Phi) is 3.97. The van der Waals surface area contributed by atoms with E-state index in [1.165, 1.54) is 0 Å². The molecule has 1 atom stereocenters. The fourth-order valence-electron chi connectivity index (χ4n) is 2.25. The van der Waals surface area contributed by atoms with Gasteiger partial charge in [-0.25, -0.2) is 4.68 Å². The van der Waals surface area contributed by atoms with Crippen molar-refractivity contribution < 1.29 is 0 Å². The minimum absolute atomic E-state index is 0.404. The molecule has 0 saturated carbocycles. The third kappa shape index (κ3) is 2.81. The molecule has 0 fully saturated rings. The molecule has 3 nitrogen and oxygen atoms in total. The molecule has 0 saturated heterocycles. The SMILES string of the molecule is NC(c1cc(Cl)ccc1Cl)c1ccnn1-c1ccccc1. The third-order valence-corrected chi connectivity index (χ3v) is 3.86. The summed E-state index contributed by atoms with van der Waals surface area (Å²) in [7, 11) is 0. The molecule has 2 N–H and O–H groups in total. The third-order valence-electron chi connectivity index (χ3n) is 3.28. The first-order chi connectivity index (χ1) is 10.2. The second kappa shape index (κ2) is 5.90. The van der Waals surface area contributed by atoms with Gasteiger partial charge in [0.15, 0.2) is 0 Å². The Bertz CT molecular complexity index is 753. The number of nitrogens with two attached hydrogens (primary N) is 1. The summed E-state index contributed by atoms with van der Waals surface area (Å²) < 4.78 is 1.81. The van der Waals surface area contributed by atoms with E-state index < -0.39 is 6.04 Å². The summed E-state index contributed by atoms with van der Waals surface area (Å²) in [5.74, 6) is 0. The Balaban J connectivity index is 2.06. The molecule has 21 heavy (non-hydrogen) atoms. The first-order valence-electron chi connectivity index (χ1n) is 6.46. The van der Waals surface area contributed by atoms with Crippen molar-refractivity contribution in [2.75, 3.05) is 0 Å². The minimum Gasteiger partial charge on any atom is -0.319 e. The number of halogens is 2.